The number of hydrogen-bond acceptors (Lipinski definition) is 4. The molecule has 0 radical (unpaired) electrons. The number of carbonyl (C=O) groups is 1. The second kappa shape index (κ2) is 10.6. The summed E-state index contributed by atoms with van der Waals surface area (Å²) in [6, 6.07) is 15.4. The molecule has 1 unspecified atom stereocenters. The normalized spacial score (nSPS) is 16.8. The van der Waals surface area contributed by atoms with Crippen molar-refractivity contribution in [2.75, 3.05) is 19.6 Å². The molecular formula is C20H26ClN3O3S. The molecule has 1 aliphatic heterocycles. The van der Waals surface area contributed by atoms with E-state index < -0.39 is 10.0 Å². The van der Waals surface area contributed by atoms with E-state index in [1.54, 1.807) is 12.1 Å². The van der Waals surface area contributed by atoms with Crippen molar-refractivity contribution in [2.24, 2.45) is 5.92 Å². The highest BCUT2D eigenvalue weighted by molar-refractivity contribution is 7.89. The Morgan fingerprint density at radius 3 is 2.61 bits per heavy atom. The van der Waals surface area contributed by atoms with Gasteiger partial charge >= 0.3 is 0 Å². The van der Waals surface area contributed by atoms with E-state index in [2.05, 4.69) is 15.4 Å². The van der Waals surface area contributed by atoms with Gasteiger partial charge in [0.15, 0.2) is 0 Å². The lowest BCUT2D eigenvalue weighted by molar-refractivity contribution is 0.0944. The average Bonchev–Trinajstić information content (AvgIpc) is 2.72. The zero-order chi connectivity index (χ0) is 19.1. The number of rotatable bonds is 7. The van der Waals surface area contributed by atoms with Gasteiger partial charge in [0.25, 0.3) is 5.91 Å². The molecule has 0 saturated carbocycles. The van der Waals surface area contributed by atoms with Gasteiger partial charge in [-0.25, -0.2) is 13.1 Å². The molecule has 0 aliphatic carbocycles. The van der Waals surface area contributed by atoms with Crippen LogP contribution in [0.4, 0.5) is 0 Å². The van der Waals surface area contributed by atoms with Gasteiger partial charge in [0.05, 0.1) is 4.90 Å². The third-order valence-corrected chi connectivity index (χ3v) is 6.06. The molecular weight excluding hydrogens is 398 g/mol. The van der Waals surface area contributed by atoms with Crippen molar-refractivity contribution in [3.63, 3.8) is 0 Å². The van der Waals surface area contributed by atoms with Gasteiger partial charge in [-0.2, -0.15) is 0 Å². The van der Waals surface area contributed by atoms with E-state index in [-0.39, 0.29) is 29.8 Å². The molecule has 0 aromatic heterocycles. The van der Waals surface area contributed by atoms with Crippen LogP contribution in [0.5, 0.6) is 0 Å². The summed E-state index contributed by atoms with van der Waals surface area (Å²) in [5, 5.41) is 6.23. The topological polar surface area (TPSA) is 87.3 Å². The quantitative estimate of drug-likeness (QED) is 0.637. The molecule has 3 rings (SSSR count). The van der Waals surface area contributed by atoms with E-state index in [0.717, 1.165) is 31.5 Å². The highest BCUT2D eigenvalue weighted by Gasteiger charge is 2.18. The first-order chi connectivity index (χ1) is 13.0. The fourth-order valence-corrected chi connectivity index (χ4v) is 4.16. The summed E-state index contributed by atoms with van der Waals surface area (Å²) < 4.78 is 27.6. The van der Waals surface area contributed by atoms with Crippen molar-refractivity contribution in [2.45, 2.75) is 24.3 Å². The number of amides is 1. The summed E-state index contributed by atoms with van der Waals surface area (Å²) in [7, 11) is -3.69. The number of piperidine rings is 1. The Morgan fingerprint density at radius 1 is 1.11 bits per heavy atom. The summed E-state index contributed by atoms with van der Waals surface area (Å²) in [6.07, 6.45) is 2.20. The molecule has 1 atom stereocenters. The van der Waals surface area contributed by atoms with Gasteiger partial charge in [0.2, 0.25) is 10.0 Å². The lowest BCUT2D eigenvalue weighted by atomic mass is 10.00. The van der Waals surface area contributed by atoms with Crippen LogP contribution >= 0.6 is 12.4 Å². The zero-order valence-corrected chi connectivity index (χ0v) is 17.2. The fourth-order valence-electron chi connectivity index (χ4n) is 3.10. The highest BCUT2D eigenvalue weighted by Crippen LogP contribution is 2.13. The predicted octanol–water partition coefficient (Wildman–Crippen LogP) is 2.32. The lowest BCUT2D eigenvalue weighted by Crippen LogP contribution is -2.38. The van der Waals surface area contributed by atoms with Crippen LogP contribution in [0.15, 0.2) is 59.5 Å². The van der Waals surface area contributed by atoms with Crippen molar-refractivity contribution in [1.82, 2.24) is 15.4 Å². The molecule has 1 fully saturated rings. The number of hydrogen-bond donors (Lipinski definition) is 3. The summed E-state index contributed by atoms with van der Waals surface area (Å²) in [5.41, 5.74) is 1.22. The van der Waals surface area contributed by atoms with E-state index in [9.17, 15) is 13.2 Å². The first-order valence-electron chi connectivity index (χ1n) is 9.17. The zero-order valence-electron chi connectivity index (χ0n) is 15.6. The summed E-state index contributed by atoms with van der Waals surface area (Å²) in [4.78, 5) is 12.5. The van der Waals surface area contributed by atoms with Crippen LogP contribution < -0.4 is 15.4 Å². The smallest absolute Gasteiger partial charge is 0.251 e. The minimum absolute atomic E-state index is 0. The molecule has 28 heavy (non-hydrogen) atoms. The Morgan fingerprint density at radius 2 is 1.89 bits per heavy atom. The third kappa shape index (κ3) is 6.31. The van der Waals surface area contributed by atoms with Crippen LogP contribution in [0, 0.1) is 5.92 Å². The number of nitrogens with one attached hydrogen (secondary N) is 3. The second-order valence-electron chi connectivity index (χ2n) is 6.76. The molecule has 2 aromatic carbocycles. The molecule has 0 spiro atoms. The minimum Gasteiger partial charge on any atom is -0.352 e. The predicted molar refractivity (Wildman–Crippen MR) is 112 cm³/mol. The summed E-state index contributed by atoms with van der Waals surface area (Å²) in [6.45, 7) is 2.72. The van der Waals surface area contributed by atoms with Crippen molar-refractivity contribution >= 4 is 28.3 Å². The minimum atomic E-state index is -3.69. The SMILES string of the molecule is Cl.O=C(NCC1CCCNC1)c1cccc(S(=O)(=O)NCc2ccccc2)c1. The largest absolute Gasteiger partial charge is 0.352 e. The molecule has 1 saturated heterocycles. The van der Waals surface area contributed by atoms with E-state index in [0.29, 0.717) is 18.0 Å². The Bertz CT molecular complexity index is 869. The van der Waals surface area contributed by atoms with Crippen LogP contribution in [0.25, 0.3) is 0 Å². The molecule has 1 amide bonds. The maximum absolute atomic E-state index is 12.5. The summed E-state index contributed by atoms with van der Waals surface area (Å²) >= 11 is 0. The Balaban J connectivity index is 0.00000280. The van der Waals surface area contributed by atoms with E-state index >= 15 is 0 Å². The van der Waals surface area contributed by atoms with Crippen molar-refractivity contribution < 1.29 is 13.2 Å². The maximum Gasteiger partial charge on any atom is 0.251 e. The van der Waals surface area contributed by atoms with Crippen LogP contribution in [-0.4, -0.2) is 34.0 Å². The van der Waals surface area contributed by atoms with Gasteiger partial charge in [0, 0.05) is 18.7 Å². The van der Waals surface area contributed by atoms with E-state index in [1.165, 1.54) is 12.1 Å². The van der Waals surface area contributed by atoms with Gasteiger partial charge in [-0.05, 0) is 55.6 Å². The van der Waals surface area contributed by atoms with E-state index in [4.69, 9.17) is 0 Å². The van der Waals surface area contributed by atoms with Gasteiger partial charge in [-0.15, -0.1) is 12.4 Å². The van der Waals surface area contributed by atoms with Gasteiger partial charge < -0.3 is 10.6 Å². The average molecular weight is 424 g/mol. The van der Waals surface area contributed by atoms with Crippen LogP contribution in [0.3, 0.4) is 0 Å². The van der Waals surface area contributed by atoms with Gasteiger partial charge in [0.1, 0.15) is 0 Å². The lowest BCUT2D eigenvalue weighted by Gasteiger charge is -2.22. The molecule has 2 aromatic rings. The Labute approximate surface area is 172 Å². The number of halogens is 1. The van der Waals surface area contributed by atoms with Crippen LogP contribution in [-0.2, 0) is 16.6 Å². The number of benzene rings is 2. The van der Waals surface area contributed by atoms with Crippen molar-refractivity contribution in [1.29, 1.82) is 0 Å². The molecule has 3 N–H and O–H groups in total. The monoisotopic (exact) mass is 423 g/mol. The standard InChI is InChI=1S/C20H25N3O3S.ClH/c24-20(22-14-17-8-5-11-21-13-17)18-9-4-10-19(12-18)27(25,26)23-15-16-6-2-1-3-7-16;/h1-4,6-7,9-10,12,17,21,23H,5,8,11,13-15H2,(H,22,24);1H. The summed E-state index contributed by atoms with van der Waals surface area (Å²) in [5.74, 6) is 0.169. The molecule has 8 heteroatoms. The maximum atomic E-state index is 12.5. The molecule has 0 bridgehead atoms. The van der Waals surface area contributed by atoms with Crippen LogP contribution in [0.2, 0.25) is 0 Å². The Hall–Kier alpha value is -1.93. The first kappa shape index (κ1) is 22.4. The van der Waals surface area contributed by atoms with E-state index in [1.807, 2.05) is 30.3 Å². The third-order valence-electron chi connectivity index (χ3n) is 4.67. The van der Waals surface area contributed by atoms with Gasteiger partial charge in [-0.1, -0.05) is 36.4 Å². The molecule has 1 heterocycles. The van der Waals surface area contributed by atoms with Gasteiger partial charge in [-0.3, -0.25) is 4.79 Å². The second-order valence-corrected chi connectivity index (χ2v) is 8.53. The molecule has 152 valence electrons. The number of sulfonamides is 1. The molecule has 6 nitrogen and oxygen atoms in total. The van der Waals surface area contributed by atoms with Crippen molar-refractivity contribution in [3.05, 3.63) is 65.7 Å². The Kier molecular flexibility index (Phi) is 8.44. The van der Waals surface area contributed by atoms with Crippen molar-refractivity contribution in [3.8, 4) is 0 Å². The van der Waals surface area contributed by atoms with Crippen LogP contribution in [0.1, 0.15) is 28.8 Å². The molecule has 1 aliphatic rings. The first-order valence-corrected chi connectivity index (χ1v) is 10.7. The highest BCUT2D eigenvalue weighted by atomic mass is 35.5. The number of carbonyl (C=O) groups excluding carboxylic acids is 1. The fraction of sp³-hybridized carbons (Fsp3) is 0.350.